The van der Waals surface area contributed by atoms with E-state index in [0.29, 0.717) is 5.92 Å². The Hall–Kier alpha value is -1.88. The van der Waals surface area contributed by atoms with Crippen molar-refractivity contribution in [1.29, 1.82) is 0 Å². The highest BCUT2D eigenvalue weighted by molar-refractivity contribution is 7.11. The fraction of sp³-hybridized carbons (Fsp3) is 0.375. The van der Waals surface area contributed by atoms with E-state index in [2.05, 4.69) is 39.5 Å². The molecule has 1 amide bonds. The molecule has 1 unspecified atom stereocenters. The molecule has 0 aliphatic carbocycles. The Labute approximate surface area is 128 Å². The molecule has 1 aliphatic heterocycles. The molecule has 21 heavy (non-hydrogen) atoms. The molecular formula is C16H19N3OS. The minimum atomic E-state index is 0.00756. The first-order valence-electron chi connectivity index (χ1n) is 7.22. The van der Waals surface area contributed by atoms with Gasteiger partial charge in [-0.05, 0) is 31.4 Å². The third kappa shape index (κ3) is 3.24. The number of thiazole rings is 1. The van der Waals surface area contributed by atoms with Gasteiger partial charge in [0.15, 0.2) is 0 Å². The standard InChI is InChI=1S/C16H19N3OS/c1-12-15(21-11-18-12)16(20)17-9-13-7-8-19(10-13)14-5-3-2-4-6-14/h2-6,11,13H,7-10H2,1H3,(H,17,20). The lowest BCUT2D eigenvalue weighted by Crippen LogP contribution is -2.30. The van der Waals surface area contributed by atoms with Crippen molar-refractivity contribution < 1.29 is 4.79 Å². The summed E-state index contributed by atoms with van der Waals surface area (Å²) in [5.74, 6) is 0.524. The zero-order valence-corrected chi connectivity index (χ0v) is 12.9. The molecule has 1 aromatic carbocycles. The molecule has 5 heteroatoms. The van der Waals surface area contributed by atoms with Crippen molar-refractivity contribution in [2.24, 2.45) is 5.92 Å². The summed E-state index contributed by atoms with van der Waals surface area (Å²) in [6.45, 7) is 4.67. The molecule has 0 radical (unpaired) electrons. The number of nitrogens with zero attached hydrogens (tertiary/aromatic N) is 2. The summed E-state index contributed by atoms with van der Waals surface area (Å²) in [5.41, 5.74) is 3.80. The number of amides is 1. The van der Waals surface area contributed by atoms with E-state index >= 15 is 0 Å². The number of anilines is 1. The van der Waals surface area contributed by atoms with Crippen molar-refractivity contribution in [3.05, 3.63) is 46.4 Å². The number of hydrogen-bond acceptors (Lipinski definition) is 4. The van der Waals surface area contributed by atoms with Gasteiger partial charge in [-0.3, -0.25) is 4.79 Å². The van der Waals surface area contributed by atoms with Gasteiger partial charge in [0.25, 0.3) is 5.91 Å². The SMILES string of the molecule is Cc1ncsc1C(=O)NCC1CCN(c2ccccc2)C1. The van der Waals surface area contributed by atoms with E-state index in [1.54, 1.807) is 5.51 Å². The Morgan fingerprint density at radius 1 is 1.43 bits per heavy atom. The molecule has 110 valence electrons. The maximum absolute atomic E-state index is 12.1. The van der Waals surface area contributed by atoms with Gasteiger partial charge in [0.2, 0.25) is 0 Å². The average molecular weight is 301 g/mol. The van der Waals surface area contributed by atoms with Gasteiger partial charge >= 0.3 is 0 Å². The third-order valence-corrected chi connectivity index (χ3v) is 4.84. The van der Waals surface area contributed by atoms with Gasteiger partial charge in [0.05, 0.1) is 11.2 Å². The van der Waals surface area contributed by atoms with Gasteiger partial charge in [0, 0.05) is 25.3 Å². The van der Waals surface area contributed by atoms with Crippen LogP contribution in [0.15, 0.2) is 35.8 Å². The van der Waals surface area contributed by atoms with E-state index in [0.717, 1.165) is 36.6 Å². The molecule has 0 spiro atoms. The Bertz CT molecular complexity index is 611. The zero-order chi connectivity index (χ0) is 14.7. The first-order valence-corrected chi connectivity index (χ1v) is 8.10. The number of nitrogens with one attached hydrogen (secondary N) is 1. The van der Waals surface area contributed by atoms with Crippen molar-refractivity contribution >= 4 is 22.9 Å². The van der Waals surface area contributed by atoms with Crippen LogP contribution in [0.25, 0.3) is 0 Å². The zero-order valence-electron chi connectivity index (χ0n) is 12.1. The van der Waals surface area contributed by atoms with E-state index in [9.17, 15) is 4.79 Å². The van der Waals surface area contributed by atoms with Gasteiger partial charge in [-0.15, -0.1) is 11.3 Å². The van der Waals surface area contributed by atoms with Gasteiger partial charge in [-0.2, -0.15) is 0 Å². The molecule has 2 aromatic rings. The average Bonchev–Trinajstić information content (AvgIpc) is 3.15. The summed E-state index contributed by atoms with van der Waals surface area (Å²) in [6, 6.07) is 10.5. The minimum Gasteiger partial charge on any atom is -0.371 e. The molecule has 1 aromatic heterocycles. The van der Waals surface area contributed by atoms with Gasteiger partial charge < -0.3 is 10.2 Å². The fourth-order valence-corrected chi connectivity index (χ4v) is 3.43. The maximum atomic E-state index is 12.1. The van der Waals surface area contributed by atoms with Crippen molar-refractivity contribution in [3.8, 4) is 0 Å². The van der Waals surface area contributed by atoms with Crippen LogP contribution in [0.2, 0.25) is 0 Å². The molecule has 1 fully saturated rings. The number of rotatable bonds is 4. The molecule has 0 saturated carbocycles. The Morgan fingerprint density at radius 2 is 2.24 bits per heavy atom. The van der Waals surface area contributed by atoms with Crippen LogP contribution in [-0.2, 0) is 0 Å². The summed E-state index contributed by atoms with van der Waals surface area (Å²) in [5, 5.41) is 3.04. The number of para-hydroxylation sites is 1. The number of aromatic nitrogens is 1. The molecule has 1 N–H and O–H groups in total. The van der Waals surface area contributed by atoms with Gasteiger partial charge in [-0.1, -0.05) is 18.2 Å². The first-order chi connectivity index (χ1) is 10.2. The number of benzene rings is 1. The Balaban J connectivity index is 1.52. The highest BCUT2D eigenvalue weighted by Crippen LogP contribution is 2.23. The second kappa shape index (κ2) is 6.26. The van der Waals surface area contributed by atoms with Gasteiger partial charge in [-0.25, -0.2) is 4.98 Å². The highest BCUT2D eigenvalue weighted by Gasteiger charge is 2.23. The molecule has 1 atom stereocenters. The van der Waals surface area contributed by atoms with Crippen LogP contribution in [0.1, 0.15) is 21.8 Å². The van der Waals surface area contributed by atoms with Crippen LogP contribution in [0, 0.1) is 12.8 Å². The first kappa shape index (κ1) is 14.1. The lowest BCUT2D eigenvalue weighted by Gasteiger charge is -2.18. The van der Waals surface area contributed by atoms with E-state index in [1.807, 2.05) is 13.0 Å². The van der Waals surface area contributed by atoms with E-state index in [-0.39, 0.29) is 5.91 Å². The van der Waals surface area contributed by atoms with Crippen molar-refractivity contribution in [1.82, 2.24) is 10.3 Å². The molecule has 1 aliphatic rings. The van der Waals surface area contributed by atoms with E-state index < -0.39 is 0 Å². The predicted molar refractivity (Wildman–Crippen MR) is 85.9 cm³/mol. The Kier molecular flexibility index (Phi) is 4.20. The molecule has 1 saturated heterocycles. The second-order valence-electron chi connectivity index (χ2n) is 5.41. The molecule has 0 bridgehead atoms. The molecular weight excluding hydrogens is 282 g/mol. The van der Waals surface area contributed by atoms with Crippen LogP contribution < -0.4 is 10.2 Å². The topological polar surface area (TPSA) is 45.2 Å². The van der Waals surface area contributed by atoms with Crippen LogP contribution in [0.3, 0.4) is 0 Å². The normalized spacial score (nSPS) is 18.0. The summed E-state index contributed by atoms with van der Waals surface area (Å²) in [4.78, 5) is 19.3. The second-order valence-corrected chi connectivity index (χ2v) is 6.27. The summed E-state index contributed by atoms with van der Waals surface area (Å²) in [6.07, 6.45) is 1.12. The van der Waals surface area contributed by atoms with E-state index in [4.69, 9.17) is 0 Å². The third-order valence-electron chi connectivity index (χ3n) is 3.91. The lowest BCUT2D eigenvalue weighted by molar-refractivity contribution is 0.0951. The monoisotopic (exact) mass is 301 g/mol. The number of hydrogen-bond donors (Lipinski definition) is 1. The number of carbonyl (C=O) groups is 1. The van der Waals surface area contributed by atoms with Crippen LogP contribution in [0.4, 0.5) is 5.69 Å². The number of aryl methyl sites for hydroxylation is 1. The maximum Gasteiger partial charge on any atom is 0.263 e. The van der Waals surface area contributed by atoms with Crippen LogP contribution in [0.5, 0.6) is 0 Å². The van der Waals surface area contributed by atoms with Crippen LogP contribution >= 0.6 is 11.3 Å². The fourth-order valence-electron chi connectivity index (χ4n) is 2.71. The van der Waals surface area contributed by atoms with Crippen molar-refractivity contribution in [2.75, 3.05) is 24.5 Å². The largest absolute Gasteiger partial charge is 0.371 e. The van der Waals surface area contributed by atoms with E-state index in [1.165, 1.54) is 17.0 Å². The highest BCUT2D eigenvalue weighted by atomic mass is 32.1. The summed E-state index contributed by atoms with van der Waals surface area (Å²) >= 11 is 1.40. The predicted octanol–water partition coefficient (Wildman–Crippen LogP) is 2.71. The molecule has 2 heterocycles. The smallest absolute Gasteiger partial charge is 0.263 e. The van der Waals surface area contributed by atoms with Crippen molar-refractivity contribution in [3.63, 3.8) is 0 Å². The minimum absolute atomic E-state index is 0.00756. The van der Waals surface area contributed by atoms with Crippen LogP contribution in [-0.4, -0.2) is 30.5 Å². The van der Waals surface area contributed by atoms with Crippen molar-refractivity contribution in [2.45, 2.75) is 13.3 Å². The molecule has 3 rings (SSSR count). The summed E-state index contributed by atoms with van der Waals surface area (Å²) in [7, 11) is 0. The summed E-state index contributed by atoms with van der Waals surface area (Å²) < 4.78 is 0. The number of carbonyl (C=O) groups excluding carboxylic acids is 1. The molecule has 4 nitrogen and oxygen atoms in total. The quantitative estimate of drug-likeness (QED) is 0.944. The van der Waals surface area contributed by atoms with Gasteiger partial charge in [0.1, 0.15) is 4.88 Å². The Morgan fingerprint density at radius 3 is 2.95 bits per heavy atom. The lowest BCUT2D eigenvalue weighted by atomic mass is 10.1.